The van der Waals surface area contributed by atoms with Crippen LogP contribution in [0.4, 0.5) is 0 Å². The highest BCUT2D eigenvalue weighted by Crippen LogP contribution is 2.14. The molecule has 1 unspecified atom stereocenters. The minimum Gasteiger partial charge on any atom is -0.469 e. The Morgan fingerprint density at radius 1 is 1.53 bits per heavy atom. The molecule has 15 heavy (non-hydrogen) atoms. The van der Waals surface area contributed by atoms with Crippen LogP contribution in [0.2, 0.25) is 0 Å². The Morgan fingerprint density at radius 2 is 2.27 bits per heavy atom. The largest absolute Gasteiger partial charge is 0.469 e. The van der Waals surface area contributed by atoms with Gasteiger partial charge in [0.1, 0.15) is 6.10 Å². The van der Waals surface area contributed by atoms with Gasteiger partial charge in [-0.15, -0.1) is 0 Å². The van der Waals surface area contributed by atoms with E-state index in [-0.39, 0.29) is 19.0 Å². The first kappa shape index (κ1) is 11.7. The van der Waals surface area contributed by atoms with Gasteiger partial charge in [-0.3, -0.25) is 4.79 Å². The van der Waals surface area contributed by atoms with Crippen molar-refractivity contribution in [3.8, 4) is 0 Å². The summed E-state index contributed by atoms with van der Waals surface area (Å²) in [7, 11) is 1.33. The van der Waals surface area contributed by atoms with Gasteiger partial charge in [0.2, 0.25) is 0 Å². The molecule has 0 saturated heterocycles. The van der Waals surface area contributed by atoms with Gasteiger partial charge in [0.25, 0.3) is 0 Å². The molecule has 4 nitrogen and oxygen atoms in total. The molecule has 0 saturated carbocycles. The standard InChI is InChI=1S/C11H14O4/c1-15-11(14)6-8-3-2-4-9(5-8)10(13)7-12/h2-5,10,12-13H,6-7H2,1H3. The quantitative estimate of drug-likeness (QED) is 0.707. The van der Waals surface area contributed by atoms with Crippen molar-refractivity contribution in [2.75, 3.05) is 13.7 Å². The van der Waals surface area contributed by atoms with Gasteiger partial charge in [-0.2, -0.15) is 0 Å². The normalized spacial score (nSPS) is 12.2. The summed E-state index contributed by atoms with van der Waals surface area (Å²) in [4.78, 5) is 11.0. The van der Waals surface area contributed by atoms with Gasteiger partial charge < -0.3 is 14.9 Å². The fourth-order valence-electron chi connectivity index (χ4n) is 1.25. The molecule has 0 aliphatic heterocycles. The number of aliphatic hydroxyl groups excluding tert-OH is 2. The Morgan fingerprint density at radius 3 is 2.87 bits per heavy atom. The molecule has 0 aromatic heterocycles. The molecule has 0 aliphatic rings. The number of benzene rings is 1. The zero-order valence-corrected chi connectivity index (χ0v) is 8.51. The van der Waals surface area contributed by atoms with E-state index in [0.29, 0.717) is 5.56 Å². The molecule has 0 radical (unpaired) electrons. The van der Waals surface area contributed by atoms with Crippen LogP contribution in [0.15, 0.2) is 24.3 Å². The van der Waals surface area contributed by atoms with E-state index < -0.39 is 6.10 Å². The van der Waals surface area contributed by atoms with Gasteiger partial charge in [0.05, 0.1) is 20.1 Å². The van der Waals surface area contributed by atoms with Crippen LogP contribution in [0.1, 0.15) is 17.2 Å². The Kier molecular flexibility index (Phi) is 4.27. The maximum absolute atomic E-state index is 11.0. The molecule has 0 heterocycles. The molecule has 0 fully saturated rings. The van der Waals surface area contributed by atoms with E-state index in [0.717, 1.165) is 5.56 Å². The molecule has 0 aliphatic carbocycles. The first-order valence-corrected chi connectivity index (χ1v) is 4.62. The summed E-state index contributed by atoms with van der Waals surface area (Å²) < 4.78 is 4.53. The molecule has 4 heteroatoms. The predicted molar refractivity (Wildman–Crippen MR) is 54.2 cm³/mol. The fraction of sp³-hybridized carbons (Fsp3) is 0.364. The van der Waals surface area contributed by atoms with Crippen LogP contribution in [0.5, 0.6) is 0 Å². The van der Waals surface area contributed by atoms with Crippen LogP contribution in [0, 0.1) is 0 Å². The van der Waals surface area contributed by atoms with Crippen molar-refractivity contribution in [1.82, 2.24) is 0 Å². The molecule has 1 aromatic rings. The lowest BCUT2D eigenvalue weighted by atomic mass is 10.0. The van der Waals surface area contributed by atoms with Crippen molar-refractivity contribution in [3.63, 3.8) is 0 Å². The van der Waals surface area contributed by atoms with Crippen LogP contribution < -0.4 is 0 Å². The minimum atomic E-state index is -0.900. The maximum Gasteiger partial charge on any atom is 0.309 e. The third-order valence-corrected chi connectivity index (χ3v) is 2.08. The summed E-state index contributed by atoms with van der Waals surface area (Å²) in [6.07, 6.45) is -0.731. The smallest absolute Gasteiger partial charge is 0.309 e. The average Bonchev–Trinajstić information content (AvgIpc) is 2.28. The first-order chi connectivity index (χ1) is 7.17. The molecule has 1 atom stereocenters. The zero-order valence-electron chi connectivity index (χ0n) is 8.51. The number of carbonyl (C=O) groups excluding carboxylic acids is 1. The molecule has 1 aromatic carbocycles. The number of esters is 1. The summed E-state index contributed by atoms with van der Waals surface area (Å²) in [6, 6.07) is 6.87. The summed E-state index contributed by atoms with van der Waals surface area (Å²) in [5, 5.41) is 18.1. The fourth-order valence-corrected chi connectivity index (χ4v) is 1.25. The summed E-state index contributed by atoms with van der Waals surface area (Å²) in [6.45, 7) is -0.332. The van der Waals surface area contributed by atoms with Crippen molar-refractivity contribution in [1.29, 1.82) is 0 Å². The van der Waals surface area contributed by atoms with E-state index in [1.54, 1.807) is 24.3 Å². The predicted octanol–water partition coefficient (Wildman–Crippen LogP) is 0.428. The Bertz CT molecular complexity index is 335. The van der Waals surface area contributed by atoms with E-state index in [1.165, 1.54) is 7.11 Å². The van der Waals surface area contributed by atoms with Crippen molar-refractivity contribution < 1.29 is 19.7 Å². The lowest BCUT2D eigenvalue weighted by Gasteiger charge is -2.08. The Balaban J connectivity index is 2.78. The molecular weight excluding hydrogens is 196 g/mol. The van der Waals surface area contributed by atoms with Gasteiger partial charge in [-0.25, -0.2) is 0 Å². The van der Waals surface area contributed by atoms with Gasteiger partial charge in [0.15, 0.2) is 0 Å². The second-order valence-corrected chi connectivity index (χ2v) is 3.20. The SMILES string of the molecule is COC(=O)Cc1cccc(C(O)CO)c1. The number of ether oxygens (including phenoxy) is 1. The number of hydrogen-bond acceptors (Lipinski definition) is 4. The molecule has 2 N–H and O–H groups in total. The van der Waals surface area contributed by atoms with Gasteiger partial charge >= 0.3 is 5.97 Å². The minimum absolute atomic E-state index is 0.169. The topological polar surface area (TPSA) is 66.8 Å². The number of carbonyl (C=O) groups is 1. The zero-order chi connectivity index (χ0) is 11.3. The monoisotopic (exact) mass is 210 g/mol. The summed E-state index contributed by atoms with van der Waals surface area (Å²) in [5.74, 6) is -0.328. The van der Waals surface area contributed by atoms with Crippen LogP contribution in [0.3, 0.4) is 0 Å². The lowest BCUT2D eigenvalue weighted by molar-refractivity contribution is -0.139. The van der Waals surface area contributed by atoms with Gasteiger partial charge in [-0.1, -0.05) is 24.3 Å². The van der Waals surface area contributed by atoms with Gasteiger partial charge in [0, 0.05) is 0 Å². The van der Waals surface area contributed by atoms with Crippen molar-refractivity contribution in [3.05, 3.63) is 35.4 Å². The van der Waals surface area contributed by atoms with E-state index in [9.17, 15) is 9.90 Å². The summed E-state index contributed by atoms with van der Waals surface area (Å²) >= 11 is 0. The molecule has 1 rings (SSSR count). The number of rotatable bonds is 4. The Hall–Kier alpha value is -1.39. The van der Waals surface area contributed by atoms with Crippen molar-refractivity contribution in [2.45, 2.75) is 12.5 Å². The molecule has 0 bridgehead atoms. The number of hydrogen-bond donors (Lipinski definition) is 2. The van der Waals surface area contributed by atoms with E-state index in [4.69, 9.17) is 5.11 Å². The molecule has 0 spiro atoms. The first-order valence-electron chi connectivity index (χ1n) is 4.62. The van der Waals surface area contributed by atoms with Crippen molar-refractivity contribution >= 4 is 5.97 Å². The van der Waals surface area contributed by atoms with E-state index in [1.807, 2.05) is 0 Å². The average molecular weight is 210 g/mol. The van der Waals surface area contributed by atoms with Crippen LogP contribution in [-0.2, 0) is 16.0 Å². The second-order valence-electron chi connectivity index (χ2n) is 3.20. The third kappa shape index (κ3) is 3.34. The lowest BCUT2D eigenvalue weighted by Crippen LogP contribution is -2.06. The number of aliphatic hydroxyl groups is 2. The van der Waals surface area contributed by atoms with Crippen LogP contribution >= 0.6 is 0 Å². The second kappa shape index (κ2) is 5.48. The Labute approximate surface area is 88.1 Å². The van der Waals surface area contributed by atoms with Crippen LogP contribution in [0.25, 0.3) is 0 Å². The molecule has 0 amide bonds. The highest BCUT2D eigenvalue weighted by molar-refractivity contribution is 5.72. The maximum atomic E-state index is 11.0. The summed E-state index contributed by atoms with van der Waals surface area (Å²) in [5.41, 5.74) is 1.35. The molecular formula is C11H14O4. The van der Waals surface area contributed by atoms with Gasteiger partial charge in [-0.05, 0) is 11.1 Å². The van der Waals surface area contributed by atoms with Crippen LogP contribution in [-0.4, -0.2) is 29.9 Å². The van der Waals surface area contributed by atoms with E-state index >= 15 is 0 Å². The van der Waals surface area contributed by atoms with E-state index in [2.05, 4.69) is 4.74 Å². The third-order valence-electron chi connectivity index (χ3n) is 2.08. The highest BCUT2D eigenvalue weighted by Gasteiger charge is 2.08. The molecule has 82 valence electrons. The highest BCUT2D eigenvalue weighted by atomic mass is 16.5. The van der Waals surface area contributed by atoms with Crippen molar-refractivity contribution in [2.24, 2.45) is 0 Å². The number of methoxy groups -OCH3 is 1.